The SMILES string of the molecule is CCCCOCCOc1cc(Cl)nc(-c2ccccc2)n1. The molecule has 0 unspecified atom stereocenters. The smallest absolute Gasteiger partial charge is 0.218 e. The largest absolute Gasteiger partial charge is 0.475 e. The Bertz CT molecular complexity index is 549. The predicted octanol–water partition coefficient (Wildman–Crippen LogP) is 3.99. The highest BCUT2D eigenvalue weighted by molar-refractivity contribution is 6.29. The van der Waals surface area contributed by atoms with Gasteiger partial charge < -0.3 is 9.47 Å². The number of halogens is 1. The van der Waals surface area contributed by atoms with E-state index in [0.29, 0.717) is 30.1 Å². The maximum absolute atomic E-state index is 6.02. The molecule has 112 valence electrons. The first-order valence-corrected chi connectivity index (χ1v) is 7.48. The van der Waals surface area contributed by atoms with Crippen molar-refractivity contribution in [2.24, 2.45) is 0 Å². The first-order valence-electron chi connectivity index (χ1n) is 7.10. The van der Waals surface area contributed by atoms with Gasteiger partial charge in [-0.25, -0.2) is 4.98 Å². The van der Waals surface area contributed by atoms with Gasteiger partial charge in [0.05, 0.1) is 6.61 Å². The molecule has 0 fully saturated rings. The number of ether oxygens (including phenoxy) is 2. The third-order valence-electron chi connectivity index (χ3n) is 2.82. The van der Waals surface area contributed by atoms with Crippen LogP contribution in [-0.2, 0) is 4.74 Å². The molecule has 0 amide bonds. The molecule has 0 spiro atoms. The molecule has 0 aliphatic carbocycles. The van der Waals surface area contributed by atoms with Crippen molar-refractivity contribution in [1.82, 2.24) is 9.97 Å². The zero-order chi connectivity index (χ0) is 14.9. The van der Waals surface area contributed by atoms with Gasteiger partial charge in [0.2, 0.25) is 5.88 Å². The molecule has 0 aliphatic rings. The Morgan fingerprint density at radius 3 is 2.62 bits per heavy atom. The lowest BCUT2D eigenvalue weighted by molar-refractivity contribution is 0.0965. The highest BCUT2D eigenvalue weighted by Crippen LogP contribution is 2.21. The third-order valence-corrected chi connectivity index (χ3v) is 3.02. The van der Waals surface area contributed by atoms with Gasteiger partial charge in [-0.1, -0.05) is 55.3 Å². The second-order valence-corrected chi connectivity index (χ2v) is 4.92. The molecule has 21 heavy (non-hydrogen) atoms. The summed E-state index contributed by atoms with van der Waals surface area (Å²) in [4.78, 5) is 8.58. The summed E-state index contributed by atoms with van der Waals surface area (Å²) < 4.78 is 11.0. The minimum atomic E-state index is 0.366. The van der Waals surface area contributed by atoms with Crippen LogP contribution in [0.25, 0.3) is 11.4 Å². The molecule has 5 heteroatoms. The van der Waals surface area contributed by atoms with E-state index in [-0.39, 0.29) is 0 Å². The summed E-state index contributed by atoms with van der Waals surface area (Å²) in [5.41, 5.74) is 0.907. The van der Waals surface area contributed by atoms with Crippen molar-refractivity contribution in [1.29, 1.82) is 0 Å². The van der Waals surface area contributed by atoms with Crippen LogP contribution >= 0.6 is 11.6 Å². The molecule has 0 saturated heterocycles. The second kappa shape index (κ2) is 8.60. The van der Waals surface area contributed by atoms with Crippen molar-refractivity contribution in [2.75, 3.05) is 19.8 Å². The molecule has 0 radical (unpaired) electrons. The molecule has 2 rings (SSSR count). The second-order valence-electron chi connectivity index (χ2n) is 4.53. The molecule has 0 aliphatic heterocycles. The van der Waals surface area contributed by atoms with E-state index in [1.165, 1.54) is 0 Å². The van der Waals surface area contributed by atoms with Crippen molar-refractivity contribution in [3.05, 3.63) is 41.6 Å². The van der Waals surface area contributed by atoms with Gasteiger partial charge in [-0.15, -0.1) is 0 Å². The quantitative estimate of drug-likeness (QED) is 0.546. The fourth-order valence-electron chi connectivity index (χ4n) is 1.74. The van der Waals surface area contributed by atoms with Crippen LogP contribution in [-0.4, -0.2) is 29.8 Å². The lowest BCUT2D eigenvalue weighted by Crippen LogP contribution is -2.08. The van der Waals surface area contributed by atoms with Gasteiger partial charge in [-0.3, -0.25) is 0 Å². The van der Waals surface area contributed by atoms with Crippen molar-refractivity contribution >= 4 is 11.6 Å². The Morgan fingerprint density at radius 2 is 1.86 bits per heavy atom. The molecule has 2 aromatic rings. The summed E-state index contributed by atoms with van der Waals surface area (Å²) >= 11 is 6.02. The molecule has 1 aromatic carbocycles. The summed E-state index contributed by atoms with van der Waals surface area (Å²) in [6.07, 6.45) is 2.19. The highest BCUT2D eigenvalue weighted by Gasteiger charge is 2.06. The summed E-state index contributed by atoms with van der Waals surface area (Å²) in [7, 11) is 0. The average Bonchev–Trinajstić information content (AvgIpc) is 2.51. The van der Waals surface area contributed by atoms with Gasteiger partial charge in [-0.05, 0) is 6.42 Å². The van der Waals surface area contributed by atoms with Gasteiger partial charge in [0.25, 0.3) is 0 Å². The number of aromatic nitrogens is 2. The van der Waals surface area contributed by atoms with Crippen LogP contribution in [0, 0.1) is 0 Å². The summed E-state index contributed by atoms with van der Waals surface area (Å²) in [6.45, 7) is 3.89. The Kier molecular flexibility index (Phi) is 6.44. The number of benzene rings is 1. The zero-order valence-corrected chi connectivity index (χ0v) is 12.8. The Labute approximate surface area is 130 Å². The molecule has 1 aromatic heterocycles. The van der Waals surface area contributed by atoms with Gasteiger partial charge >= 0.3 is 0 Å². The molecule has 1 heterocycles. The molecule has 0 saturated carbocycles. The number of unbranched alkanes of at least 4 members (excludes halogenated alkanes) is 1. The average molecular weight is 307 g/mol. The van der Waals surface area contributed by atoms with Crippen LogP contribution in [0.3, 0.4) is 0 Å². The Hall–Kier alpha value is -1.65. The summed E-state index contributed by atoms with van der Waals surface area (Å²) in [5, 5.41) is 0.366. The number of hydrogen-bond donors (Lipinski definition) is 0. The van der Waals surface area contributed by atoms with Crippen molar-refractivity contribution in [3.63, 3.8) is 0 Å². The first-order chi connectivity index (χ1) is 10.3. The molecule has 0 atom stereocenters. The minimum Gasteiger partial charge on any atom is -0.475 e. The fourth-order valence-corrected chi connectivity index (χ4v) is 1.91. The molecule has 0 N–H and O–H groups in total. The van der Waals surface area contributed by atoms with Crippen molar-refractivity contribution in [2.45, 2.75) is 19.8 Å². The van der Waals surface area contributed by atoms with E-state index >= 15 is 0 Å². The topological polar surface area (TPSA) is 44.2 Å². The van der Waals surface area contributed by atoms with E-state index in [1.807, 2.05) is 30.3 Å². The van der Waals surface area contributed by atoms with E-state index in [0.717, 1.165) is 25.0 Å². The predicted molar refractivity (Wildman–Crippen MR) is 83.7 cm³/mol. The van der Waals surface area contributed by atoms with Crippen LogP contribution in [0.4, 0.5) is 0 Å². The lowest BCUT2D eigenvalue weighted by atomic mass is 10.2. The highest BCUT2D eigenvalue weighted by atomic mass is 35.5. The Morgan fingerprint density at radius 1 is 1.05 bits per heavy atom. The van der Waals surface area contributed by atoms with Crippen LogP contribution < -0.4 is 4.74 Å². The van der Waals surface area contributed by atoms with E-state index in [2.05, 4.69) is 16.9 Å². The van der Waals surface area contributed by atoms with Gasteiger partial charge in [-0.2, -0.15) is 4.98 Å². The summed E-state index contributed by atoms with van der Waals surface area (Å²) in [5.74, 6) is 1.03. The molecule has 4 nitrogen and oxygen atoms in total. The van der Waals surface area contributed by atoms with E-state index < -0.39 is 0 Å². The molecule has 0 bridgehead atoms. The fraction of sp³-hybridized carbons (Fsp3) is 0.375. The summed E-state index contributed by atoms with van der Waals surface area (Å²) in [6, 6.07) is 11.3. The van der Waals surface area contributed by atoms with E-state index in [4.69, 9.17) is 21.1 Å². The van der Waals surface area contributed by atoms with Crippen LogP contribution in [0.2, 0.25) is 5.15 Å². The number of rotatable bonds is 8. The van der Waals surface area contributed by atoms with Gasteiger partial charge in [0.15, 0.2) is 5.82 Å². The minimum absolute atomic E-state index is 0.366. The monoisotopic (exact) mass is 306 g/mol. The van der Waals surface area contributed by atoms with Crippen molar-refractivity contribution < 1.29 is 9.47 Å². The normalized spacial score (nSPS) is 10.6. The number of nitrogens with zero attached hydrogens (tertiary/aromatic N) is 2. The number of hydrogen-bond acceptors (Lipinski definition) is 4. The molecular weight excluding hydrogens is 288 g/mol. The van der Waals surface area contributed by atoms with Crippen LogP contribution in [0.5, 0.6) is 5.88 Å². The standard InChI is InChI=1S/C16H19ClN2O2/c1-2-3-9-20-10-11-21-15-12-14(17)18-16(19-15)13-7-5-4-6-8-13/h4-8,12H,2-3,9-11H2,1H3. The van der Waals surface area contributed by atoms with Crippen molar-refractivity contribution in [3.8, 4) is 17.3 Å². The first kappa shape index (κ1) is 15.7. The van der Waals surface area contributed by atoms with E-state index in [1.54, 1.807) is 6.07 Å². The van der Waals surface area contributed by atoms with Gasteiger partial charge in [0, 0.05) is 18.2 Å². The van der Waals surface area contributed by atoms with Gasteiger partial charge in [0.1, 0.15) is 11.8 Å². The zero-order valence-electron chi connectivity index (χ0n) is 12.1. The Balaban J connectivity index is 1.93. The molecular formula is C16H19ClN2O2. The van der Waals surface area contributed by atoms with Crippen LogP contribution in [0.15, 0.2) is 36.4 Å². The maximum Gasteiger partial charge on any atom is 0.218 e. The van der Waals surface area contributed by atoms with Crippen LogP contribution in [0.1, 0.15) is 19.8 Å². The lowest BCUT2D eigenvalue weighted by Gasteiger charge is -2.08. The van der Waals surface area contributed by atoms with E-state index in [9.17, 15) is 0 Å². The maximum atomic E-state index is 6.02. The third kappa shape index (κ3) is 5.33.